The van der Waals surface area contributed by atoms with Crippen LogP contribution in [-0.2, 0) is 4.79 Å². The first-order valence-electron chi connectivity index (χ1n) is 5.17. The maximum atomic E-state index is 10.4. The minimum atomic E-state index is -0.815. The second-order valence-corrected chi connectivity index (χ2v) is 4.13. The van der Waals surface area contributed by atoms with Crippen LogP contribution in [0.2, 0.25) is 5.02 Å². The topological polar surface area (TPSA) is 64.3 Å². The molecule has 0 amide bonds. The molecular formula is C12H13ClN2O2. The van der Waals surface area contributed by atoms with Gasteiger partial charge in [0.05, 0.1) is 11.3 Å². The fraction of sp³-hybridized carbons (Fsp3) is 0.333. The third-order valence-corrected chi connectivity index (χ3v) is 2.61. The van der Waals surface area contributed by atoms with Crippen molar-refractivity contribution in [2.75, 3.05) is 18.5 Å². The Morgan fingerprint density at radius 3 is 2.88 bits per heavy atom. The van der Waals surface area contributed by atoms with Gasteiger partial charge in [-0.1, -0.05) is 11.6 Å². The summed E-state index contributed by atoms with van der Waals surface area (Å²) in [6, 6.07) is 7.11. The number of carboxylic acid groups (broad SMARTS) is 1. The Bertz CT molecular complexity index is 454. The summed E-state index contributed by atoms with van der Waals surface area (Å²) in [6.07, 6.45) is 0.649. The summed E-state index contributed by atoms with van der Waals surface area (Å²) in [6.45, 7) is 0.571. The smallest absolute Gasteiger partial charge is 0.303 e. The van der Waals surface area contributed by atoms with Crippen molar-refractivity contribution >= 4 is 23.3 Å². The number of nitrogens with zero attached hydrogens (tertiary/aromatic N) is 2. The standard InChI is InChI=1S/C12H13ClN2O2/c1-15(6-2-3-12(16)17)11-7-10(13)5-4-9(11)8-14/h4-5,7H,2-3,6H2,1H3,(H,16,17). The SMILES string of the molecule is CN(CCCC(=O)O)c1cc(Cl)ccc1C#N. The van der Waals surface area contributed by atoms with Crippen LogP contribution >= 0.6 is 11.6 Å². The lowest BCUT2D eigenvalue weighted by molar-refractivity contribution is -0.137. The molecule has 1 rings (SSSR count). The third-order valence-electron chi connectivity index (χ3n) is 2.38. The van der Waals surface area contributed by atoms with Crippen molar-refractivity contribution in [2.45, 2.75) is 12.8 Å². The van der Waals surface area contributed by atoms with E-state index in [0.29, 0.717) is 23.6 Å². The van der Waals surface area contributed by atoms with E-state index in [1.807, 2.05) is 11.9 Å². The van der Waals surface area contributed by atoms with E-state index in [9.17, 15) is 4.79 Å². The molecule has 0 aromatic heterocycles. The van der Waals surface area contributed by atoms with Crippen LogP contribution in [0.1, 0.15) is 18.4 Å². The molecule has 1 aromatic rings. The van der Waals surface area contributed by atoms with Gasteiger partial charge in [-0.2, -0.15) is 5.26 Å². The third kappa shape index (κ3) is 3.97. The van der Waals surface area contributed by atoms with Gasteiger partial charge in [0.1, 0.15) is 6.07 Å². The van der Waals surface area contributed by atoms with E-state index in [1.54, 1.807) is 18.2 Å². The Hall–Kier alpha value is -1.73. The van der Waals surface area contributed by atoms with Crippen LogP contribution < -0.4 is 4.90 Å². The van der Waals surface area contributed by atoms with Gasteiger partial charge in [0.2, 0.25) is 0 Å². The van der Waals surface area contributed by atoms with E-state index in [4.69, 9.17) is 22.0 Å². The van der Waals surface area contributed by atoms with Gasteiger partial charge in [0.15, 0.2) is 0 Å². The lowest BCUT2D eigenvalue weighted by atomic mass is 10.1. The average molecular weight is 253 g/mol. The summed E-state index contributed by atoms with van der Waals surface area (Å²) in [5.74, 6) is -0.815. The van der Waals surface area contributed by atoms with Gasteiger partial charge in [-0.15, -0.1) is 0 Å². The predicted octanol–water partition coefficient (Wildman–Crippen LogP) is 2.51. The summed E-state index contributed by atoms with van der Waals surface area (Å²) < 4.78 is 0. The number of carbonyl (C=O) groups is 1. The highest BCUT2D eigenvalue weighted by molar-refractivity contribution is 6.30. The molecule has 90 valence electrons. The lowest BCUT2D eigenvalue weighted by Crippen LogP contribution is -2.20. The van der Waals surface area contributed by atoms with Crippen LogP contribution in [0.5, 0.6) is 0 Å². The molecule has 5 heteroatoms. The van der Waals surface area contributed by atoms with E-state index in [0.717, 1.165) is 5.69 Å². The highest BCUT2D eigenvalue weighted by atomic mass is 35.5. The molecule has 0 aliphatic heterocycles. The fourth-order valence-corrected chi connectivity index (χ4v) is 1.67. The van der Waals surface area contributed by atoms with Crippen molar-refractivity contribution in [3.63, 3.8) is 0 Å². The molecule has 0 heterocycles. The summed E-state index contributed by atoms with van der Waals surface area (Å²) in [5, 5.41) is 18.1. The number of carboxylic acids is 1. The zero-order chi connectivity index (χ0) is 12.8. The highest BCUT2D eigenvalue weighted by Crippen LogP contribution is 2.23. The quantitative estimate of drug-likeness (QED) is 0.875. The number of benzene rings is 1. The molecule has 0 spiro atoms. The van der Waals surface area contributed by atoms with Crippen LogP contribution in [0.15, 0.2) is 18.2 Å². The number of nitriles is 1. The van der Waals surface area contributed by atoms with Crippen molar-refractivity contribution in [1.29, 1.82) is 5.26 Å². The van der Waals surface area contributed by atoms with Gasteiger partial charge < -0.3 is 10.0 Å². The first-order chi connectivity index (χ1) is 8.04. The Morgan fingerprint density at radius 1 is 1.59 bits per heavy atom. The minimum Gasteiger partial charge on any atom is -0.481 e. The number of rotatable bonds is 5. The Morgan fingerprint density at radius 2 is 2.29 bits per heavy atom. The molecule has 1 aromatic carbocycles. The maximum absolute atomic E-state index is 10.4. The predicted molar refractivity (Wildman–Crippen MR) is 66.3 cm³/mol. The summed E-state index contributed by atoms with van der Waals surface area (Å²) in [4.78, 5) is 12.2. The molecule has 0 radical (unpaired) electrons. The van der Waals surface area contributed by atoms with Crippen LogP contribution in [0.3, 0.4) is 0 Å². The van der Waals surface area contributed by atoms with Gasteiger partial charge in [0.25, 0.3) is 0 Å². The lowest BCUT2D eigenvalue weighted by Gasteiger charge is -2.20. The van der Waals surface area contributed by atoms with Gasteiger partial charge in [-0.25, -0.2) is 0 Å². The average Bonchev–Trinajstić information content (AvgIpc) is 2.28. The summed E-state index contributed by atoms with van der Waals surface area (Å²) >= 11 is 5.87. The molecule has 0 bridgehead atoms. The van der Waals surface area contributed by atoms with Gasteiger partial charge in [0, 0.05) is 25.0 Å². The van der Waals surface area contributed by atoms with E-state index in [2.05, 4.69) is 6.07 Å². The van der Waals surface area contributed by atoms with E-state index in [-0.39, 0.29) is 6.42 Å². The number of anilines is 1. The second-order valence-electron chi connectivity index (χ2n) is 3.69. The van der Waals surface area contributed by atoms with E-state index in [1.165, 1.54) is 0 Å². The van der Waals surface area contributed by atoms with Gasteiger partial charge >= 0.3 is 5.97 Å². The van der Waals surface area contributed by atoms with Crippen molar-refractivity contribution in [2.24, 2.45) is 0 Å². The first-order valence-corrected chi connectivity index (χ1v) is 5.55. The van der Waals surface area contributed by atoms with Gasteiger partial charge in [-0.05, 0) is 24.6 Å². The normalized spacial score (nSPS) is 9.71. The zero-order valence-electron chi connectivity index (χ0n) is 9.48. The molecule has 17 heavy (non-hydrogen) atoms. The van der Waals surface area contributed by atoms with Crippen molar-refractivity contribution < 1.29 is 9.90 Å². The minimum absolute atomic E-state index is 0.118. The molecular weight excluding hydrogens is 240 g/mol. The molecule has 0 atom stereocenters. The molecule has 4 nitrogen and oxygen atoms in total. The summed E-state index contributed by atoms with van der Waals surface area (Å²) in [7, 11) is 1.81. The molecule has 0 fully saturated rings. The van der Waals surface area contributed by atoms with E-state index < -0.39 is 5.97 Å². The van der Waals surface area contributed by atoms with Crippen molar-refractivity contribution in [1.82, 2.24) is 0 Å². The molecule has 1 N–H and O–H groups in total. The number of hydrogen-bond donors (Lipinski definition) is 1. The number of aliphatic carboxylic acids is 1. The maximum Gasteiger partial charge on any atom is 0.303 e. The number of hydrogen-bond acceptors (Lipinski definition) is 3. The van der Waals surface area contributed by atoms with Crippen molar-refractivity contribution in [3.8, 4) is 6.07 Å². The van der Waals surface area contributed by atoms with Crippen molar-refractivity contribution in [3.05, 3.63) is 28.8 Å². The highest BCUT2D eigenvalue weighted by Gasteiger charge is 2.08. The number of halogens is 1. The Kier molecular flexibility index (Phi) is 4.80. The molecule has 0 aliphatic rings. The van der Waals surface area contributed by atoms with Crippen LogP contribution in [0, 0.1) is 11.3 Å². The molecule has 0 saturated carbocycles. The van der Waals surface area contributed by atoms with Crippen LogP contribution in [0.25, 0.3) is 0 Å². The molecule has 0 saturated heterocycles. The van der Waals surface area contributed by atoms with Gasteiger partial charge in [-0.3, -0.25) is 4.79 Å². The first kappa shape index (κ1) is 13.3. The largest absolute Gasteiger partial charge is 0.481 e. The Labute approximate surface area is 105 Å². The zero-order valence-corrected chi connectivity index (χ0v) is 10.2. The second kappa shape index (κ2) is 6.12. The summed E-state index contributed by atoms with van der Waals surface area (Å²) in [5.41, 5.74) is 1.26. The molecule has 0 aliphatic carbocycles. The Balaban J connectivity index is 2.74. The van der Waals surface area contributed by atoms with Crippen LogP contribution in [-0.4, -0.2) is 24.7 Å². The van der Waals surface area contributed by atoms with E-state index >= 15 is 0 Å². The van der Waals surface area contributed by atoms with Crippen LogP contribution in [0.4, 0.5) is 5.69 Å². The fourth-order valence-electron chi connectivity index (χ4n) is 1.50. The molecule has 0 unspecified atom stereocenters. The monoisotopic (exact) mass is 252 g/mol.